The van der Waals surface area contributed by atoms with Gasteiger partial charge in [-0.1, -0.05) is 0 Å². The summed E-state index contributed by atoms with van der Waals surface area (Å²) in [6, 6.07) is 2.38. The molecule has 1 aliphatic heterocycles. The van der Waals surface area contributed by atoms with Crippen LogP contribution in [0.15, 0.2) is 24.8 Å². The number of hydrogen-bond acceptors (Lipinski definition) is 5. The maximum atomic E-state index is 5.47. The van der Waals surface area contributed by atoms with Crippen LogP contribution in [0.5, 0.6) is 5.88 Å². The lowest BCUT2D eigenvalue weighted by molar-refractivity contribution is 0.326. The lowest BCUT2D eigenvalue weighted by Gasteiger charge is -2.26. The minimum atomic E-state index is 0.447. The Morgan fingerprint density at radius 1 is 1.33 bits per heavy atom. The normalized spacial score (nSPS) is 18.2. The summed E-state index contributed by atoms with van der Waals surface area (Å²) in [6.07, 6.45) is 7.83. The molecule has 1 fully saturated rings. The van der Waals surface area contributed by atoms with Gasteiger partial charge in [0.15, 0.2) is 0 Å². The summed E-state index contributed by atoms with van der Waals surface area (Å²) in [5, 5.41) is 0. The molecule has 3 rings (SSSR count). The van der Waals surface area contributed by atoms with Gasteiger partial charge in [-0.05, 0) is 26.7 Å². The van der Waals surface area contributed by atoms with Gasteiger partial charge >= 0.3 is 0 Å². The molecule has 1 unspecified atom stereocenters. The van der Waals surface area contributed by atoms with Crippen LogP contribution >= 0.6 is 0 Å². The first-order valence-electron chi connectivity index (χ1n) is 7.47. The van der Waals surface area contributed by atoms with Gasteiger partial charge in [-0.3, -0.25) is 0 Å². The van der Waals surface area contributed by atoms with Gasteiger partial charge in [0.2, 0.25) is 5.88 Å². The van der Waals surface area contributed by atoms with Gasteiger partial charge in [0.25, 0.3) is 0 Å². The number of rotatable bonds is 5. The second-order valence-electron chi connectivity index (χ2n) is 5.26. The molecule has 1 atom stereocenters. The third-order valence-corrected chi connectivity index (χ3v) is 3.92. The van der Waals surface area contributed by atoms with Crippen molar-refractivity contribution < 1.29 is 4.74 Å². The molecule has 0 aliphatic carbocycles. The Labute approximate surface area is 124 Å². The van der Waals surface area contributed by atoms with Gasteiger partial charge in [-0.2, -0.15) is 0 Å². The molecular formula is C15H21N5O. The predicted molar refractivity (Wildman–Crippen MR) is 80.5 cm³/mol. The van der Waals surface area contributed by atoms with E-state index < -0.39 is 0 Å². The molecule has 0 spiro atoms. The van der Waals surface area contributed by atoms with E-state index in [1.165, 1.54) is 12.8 Å². The lowest BCUT2D eigenvalue weighted by Crippen LogP contribution is -2.33. The Morgan fingerprint density at radius 2 is 2.24 bits per heavy atom. The molecule has 0 radical (unpaired) electrons. The van der Waals surface area contributed by atoms with Crippen molar-refractivity contribution in [2.24, 2.45) is 0 Å². The average molecular weight is 287 g/mol. The van der Waals surface area contributed by atoms with Crippen molar-refractivity contribution in [3.05, 3.63) is 30.6 Å². The molecule has 3 heterocycles. The zero-order valence-electron chi connectivity index (χ0n) is 12.6. The number of imidazole rings is 1. The maximum absolute atomic E-state index is 5.47. The summed E-state index contributed by atoms with van der Waals surface area (Å²) in [5.41, 5.74) is 0. The predicted octanol–water partition coefficient (Wildman–Crippen LogP) is 2.05. The Hall–Kier alpha value is -2.11. The molecule has 6 nitrogen and oxygen atoms in total. The third-order valence-electron chi connectivity index (χ3n) is 3.92. The van der Waals surface area contributed by atoms with Crippen molar-refractivity contribution in [3.8, 4) is 5.88 Å². The summed E-state index contributed by atoms with van der Waals surface area (Å²) in [7, 11) is 0. The minimum absolute atomic E-state index is 0.447. The van der Waals surface area contributed by atoms with E-state index in [4.69, 9.17) is 4.74 Å². The largest absolute Gasteiger partial charge is 0.478 e. The van der Waals surface area contributed by atoms with Gasteiger partial charge in [0, 0.05) is 37.6 Å². The molecule has 1 aliphatic rings. The second kappa shape index (κ2) is 6.11. The van der Waals surface area contributed by atoms with Crippen molar-refractivity contribution in [2.45, 2.75) is 39.3 Å². The molecule has 0 saturated carbocycles. The van der Waals surface area contributed by atoms with Crippen LogP contribution < -0.4 is 9.64 Å². The summed E-state index contributed by atoms with van der Waals surface area (Å²) in [5.74, 6) is 2.65. The van der Waals surface area contributed by atoms with Gasteiger partial charge in [-0.25, -0.2) is 15.0 Å². The van der Waals surface area contributed by atoms with Crippen molar-refractivity contribution in [3.63, 3.8) is 0 Å². The summed E-state index contributed by atoms with van der Waals surface area (Å²) < 4.78 is 7.68. The van der Waals surface area contributed by atoms with Crippen LogP contribution in [0.2, 0.25) is 0 Å². The van der Waals surface area contributed by atoms with Crippen LogP contribution in [-0.2, 0) is 6.54 Å². The summed E-state index contributed by atoms with van der Waals surface area (Å²) in [4.78, 5) is 15.2. The van der Waals surface area contributed by atoms with E-state index in [0.717, 1.165) is 24.7 Å². The molecule has 0 amide bonds. The van der Waals surface area contributed by atoms with Crippen molar-refractivity contribution in [1.82, 2.24) is 19.5 Å². The first-order valence-corrected chi connectivity index (χ1v) is 7.47. The molecule has 1 saturated heterocycles. The van der Waals surface area contributed by atoms with E-state index in [0.29, 0.717) is 18.5 Å². The van der Waals surface area contributed by atoms with Gasteiger partial charge in [0.1, 0.15) is 18.0 Å². The van der Waals surface area contributed by atoms with Crippen LogP contribution in [-0.4, -0.2) is 38.7 Å². The van der Waals surface area contributed by atoms with Crippen molar-refractivity contribution in [2.75, 3.05) is 18.1 Å². The fourth-order valence-corrected chi connectivity index (χ4v) is 2.86. The standard InChI is InChI=1S/C15H21N5O/c1-3-21-15-9-14(17-11-18-15)20-7-4-5-13(20)10-19-8-6-16-12(19)2/h6,8-9,11,13H,3-5,7,10H2,1-2H3. The quantitative estimate of drug-likeness (QED) is 0.842. The summed E-state index contributed by atoms with van der Waals surface area (Å²) in [6.45, 7) is 6.59. The number of nitrogens with zero attached hydrogens (tertiary/aromatic N) is 5. The van der Waals surface area contributed by atoms with Gasteiger partial charge < -0.3 is 14.2 Å². The number of ether oxygens (including phenoxy) is 1. The monoisotopic (exact) mass is 287 g/mol. The highest BCUT2D eigenvalue weighted by Crippen LogP contribution is 2.26. The van der Waals surface area contributed by atoms with Crippen molar-refractivity contribution >= 4 is 5.82 Å². The third kappa shape index (κ3) is 2.99. The number of hydrogen-bond donors (Lipinski definition) is 0. The minimum Gasteiger partial charge on any atom is -0.478 e. The number of anilines is 1. The second-order valence-corrected chi connectivity index (χ2v) is 5.26. The topological polar surface area (TPSA) is 56.1 Å². The van der Waals surface area contributed by atoms with E-state index in [1.807, 2.05) is 32.3 Å². The highest BCUT2D eigenvalue weighted by Gasteiger charge is 2.26. The zero-order valence-corrected chi connectivity index (χ0v) is 12.6. The highest BCUT2D eigenvalue weighted by atomic mass is 16.5. The van der Waals surface area contributed by atoms with Crippen LogP contribution in [0.25, 0.3) is 0 Å². The Morgan fingerprint density at radius 3 is 3.00 bits per heavy atom. The average Bonchev–Trinajstić information content (AvgIpc) is 3.10. The molecule has 112 valence electrons. The molecule has 0 N–H and O–H groups in total. The van der Waals surface area contributed by atoms with E-state index in [9.17, 15) is 0 Å². The zero-order chi connectivity index (χ0) is 14.7. The molecular weight excluding hydrogens is 266 g/mol. The SMILES string of the molecule is CCOc1cc(N2CCCC2Cn2ccnc2C)ncn1. The van der Waals surface area contributed by atoms with Crippen LogP contribution in [0.1, 0.15) is 25.6 Å². The first kappa shape index (κ1) is 13.9. The molecule has 0 bridgehead atoms. The lowest BCUT2D eigenvalue weighted by atomic mass is 10.2. The first-order chi connectivity index (χ1) is 10.3. The van der Waals surface area contributed by atoms with Crippen LogP contribution in [0, 0.1) is 6.92 Å². The molecule has 6 heteroatoms. The Bertz CT molecular complexity index is 597. The molecule has 0 aromatic carbocycles. The molecule has 2 aromatic heterocycles. The Balaban J connectivity index is 1.77. The highest BCUT2D eigenvalue weighted by molar-refractivity contribution is 5.43. The van der Waals surface area contributed by atoms with Crippen molar-refractivity contribution in [1.29, 1.82) is 0 Å². The van der Waals surface area contributed by atoms with E-state index in [2.05, 4.69) is 24.4 Å². The van der Waals surface area contributed by atoms with Gasteiger partial charge in [0.05, 0.1) is 6.61 Å². The molecule has 21 heavy (non-hydrogen) atoms. The van der Waals surface area contributed by atoms with E-state index in [1.54, 1.807) is 6.33 Å². The maximum Gasteiger partial charge on any atom is 0.218 e. The fraction of sp³-hybridized carbons (Fsp3) is 0.533. The van der Waals surface area contributed by atoms with E-state index in [-0.39, 0.29) is 0 Å². The number of aromatic nitrogens is 4. The van der Waals surface area contributed by atoms with Crippen LogP contribution in [0.4, 0.5) is 5.82 Å². The smallest absolute Gasteiger partial charge is 0.218 e. The van der Waals surface area contributed by atoms with E-state index >= 15 is 0 Å². The Kier molecular flexibility index (Phi) is 4.03. The van der Waals surface area contributed by atoms with Gasteiger partial charge in [-0.15, -0.1) is 0 Å². The van der Waals surface area contributed by atoms with Crippen LogP contribution in [0.3, 0.4) is 0 Å². The summed E-state index contributed by atoms with van der Waals surface area (Å²) >= 11 is 0. The number of aryl methyl sites for hydroxylation is 1. The fourth-order valence-electron chi connectivity index (χ4n) is 2.86. The molecule has 2 aromatic rings.